The normalized spacial score (nSPS) is 16.7. The highest BCUT2D eigenvalue weighted by molar-refractivity contribution is 6.31. The molecule has 0 aliphatic carbocycles. The van der Waals surface area contributed by atoms with Gasteiger partial charge < -0.3 is 15.0 Å². The van der Waals surface area contributed by atoms with Gasteiger partial charge in [-0.05, 0) is 23.8 Å². The summed E-state index contributed by atoms with van der Waals surface area (Å²) in [5.74, 6) is -0.285. The fourth-order valence-corrected chi connectivity index (χ4v) is 3.24. The Bertz CT molecular complexity index is 745. The number of nitrogens with zero attached hydrogens (tertiary/aromatic N) is 1. The fourth-order valence-electron chi connectivity index (χ4n) is 2.98. The quantitative estimate of drug-likeness (QED) is 0.831. The second-order valence-corrected chi connectivity index (χ2v) is 6.26. The van der Waals surface area contributed by atoms with Crippen LogP contribution in [0.1, 0.15) is 18.0 Å². The second kappa shape index (κ2) is 9.76. The van der Waals surface area contributed by atoms with Gasteiger partial charge in [0.05, 0.1) is 19.1 Å². The van der Waals surface area contributed by atoms with E-state index in [2.05, 4.69) is 5.32 Å². The molecule has 2 aromatic rings. The number of carbonyl (C=O) groups excluding carboxylic acids is 1. The van der Waals surface area contributed by atoms with E-state index in [0.29, 0.717) is 18.1 Å². The average molecular weight is 399 g/mol. The molecule has 0 aromatic heterocycles. The van der Waals surface area contributed by atoms with Crippen molar-refractivity contribution in [3.63, 3.8) is 0 Å². The van der Waals surface area contributed by atoms with Gasteiger partial charge in [-0.15, -0.1) is 12.4 Å². The van der Waals surface area contributed by atoms with Crippen molar-refractivity contribution in [1.82, 2.24) is 10.2 Å². The number of rotatable bonds is 5. The topological polar surface area (TPSA) is 41.6 Å². The summed E-state index contributed by atoms with van der Waals surface area (Å²) in [6, 6.07) is 13.6. The molecular formula is C19H21Cl2FN2O2. The van der Waals surface area contributed by atoms with Crippen molar-refractivity contribution >= 4 is 29.9 Å². The van der Waals surface area contributed by atoms with Crippen LogP contribution in [-0.2, 0) is 4.79 Å². The molecule has 1 atom stereocenters. The molecule has 1 aliphatic heterocycles. The molecular weight excluding hydrogens is 378 g/mol. The van der Waals surface area contributed by atoms with Crippen LogP contribution < -0.4 is 10.1 Å². The fraction of sp³-hybridized carbons (Fsp3) is 0.316. The molecule has 1 fully saturated rings. The molecule has 1 saturated heterocycles. The monoisotopic (exact) mass is 398 g/mol. The highest BCUT2D eigenvalue weighted by atomic mass is 35.5. The van der Waals surface area contributed by atoms with Crippen molar-refractivity contribution in [3.8, 4) is 5.75 Å². The van der Waals surface area contributed by atoms with Crippen molar-refractivity contribution in [2.75, 3.05) is 26.2 Å². The van der Waals surface area contributed by atoms with Crippen molar-refractivity contribution in [2.45, 2.75) is 12.5 Å². The van der Waals surface area contributed by atoms with Crippen LogP contribution in [0, 0.1) is 5.82 Å². The van der Waals surface area contributed by atoms with Gasteiger partial charge in [-0.3, -0.25) is 4.79 Å². The molecule has 1 amide bonds. The molecule has 3 rings (SSSR count). The van der Waals surface area contributed by atoms with Crippen LogP contribution >= 0.6 is 24.0 Å². The standard InChI is InChI=1S/C19H20ClFN2O2.ClH/c20-15-6-2-1-5-14(15)17-13-22-10-11-23(17)19(24)9-12-25-18-8-4-3-7-16(18)21;/h1-8,17,22H,9-13H2;1H. The first kappa shape index (κ1) is 20.5. The molecule has 0 bridgehead atoms. The van der Waals surface area contributed by atoms with E-state index in [1.165, 1.54) is 6.07 Å². The largest absolute Gasteiger partial charge is 0.490 e. The molecule has 0 saturated carbocycles. The second-order valence-electron chi connectivity index (χ2n) is 5.86. The Labute approximate surface area is 163 Å². The van der Waals surface area contributed by atoms with E-state index in [1.807, 2.05) is 29.2 Å². The van der Waals surface area contributed by atoms with Gasteiger partial charge in [-0.1, -0.05) is 41.9 Å². The molecule has 4 nitrogen and oxygen atoms in total. The minimum atomic E-state index is -0.425. The Balaban J connectivity index is 0.00000243. The molecule has 2 aromatic carbocycles. The van der Waals surface area contributed by atoms with Crippen molar-refractivity contribution in [1.29, 1.82) is 0 Å². The van der Waals surface area contributed by atoms with Gasteiger partial charge in [0.2, 0.25) is 5.91 Å². The highest BCUT2D eigenvalue weighted by Crippen LogP contribution is 2.29. The molecule has 1 heterocycles. The zero-order valence-corrected chi connectivity index (χ0v) is 15.7. The zero-order valence-electron chi connectivity index (χ0n) is 14.2. The van der Waals surface area contributed by atoms with E-state index in [4.69, 9.17) is 16.3 Å². The summed E-state index contributed by atoms with van der Waals surface area (Å²) in [6.45, 7) is 2.14. The molecule has 140 valence electrons. The lowest BCUT2D eigenvalue weighted by Gasteiger charge is -2.37. The maximum absolute atomic E-state index is 13.6. The number of piperazine rings is 1. The Morgan fingerprint density at radius 2 is 1.96 bits per heavy atom. The first-order chi connectivity index (χ1) is 12.2. The maximum atomic E-state index is 13.6. The molecule has 1 unspecified atom stereocenters. The van der Waals surface area contributed by atoms with E-state index in [9.17, 15) is 9.18 Å². The summed E-state index contributed by atoms with van der Waals surface area (Å²) in [4.78, 5) is 14.5. The minimum absolute atomic E-state index is 0. The minimum Gasteiger partial charge on any atom is -0.490 e. The number of hydrogen-bond acceptors (Lipinski definition) is 3. The summed E-state index contributed by atoms with van der Waals surface area (Å²) >= 11 is 6.30. The lowest BCUT2D eigenvalue weighted by molar-refractivity contribution is -0.135. The average Bonchev–Trinajstić information content (AvgIpc) is 2.64. The summed E-state index contributed by atoms with van der Waals surface area (Å²) in [6.07, 6.45) is 0.190. The van der Waals surface area contributed by atoms with Gasteiger partial charge in [-0.25, -0.2) is 4.39 Å². The Kier molecular flexibility index (Phi) is 7.69. The smallest absolute Gasteiger partial charge is 0.226 e. The number of hydrogen-bond donors (Lipinski definition) is 1. The van der Waals surface area contributed by atoms with Gasteiger partial charge in [0.1, 0.15) is 0 Å². The molecule has 26 heavy (non-hydrogen) atoms. The van der Waals surface area contributed by atoms with Gasteiger partial charge in [0, 0.05) is 24.7 Å². The molecule has 0 radical (unpaired) electrons. The number of nitrogens with one attached hydrogen (secondary N) is 1. The molecule has 7 heteroatoms. The molecule has 0 spiro atoms. The number of amides is 1. The predicted octanol–water partition coefficient (Wildman–Crippen LogP) is 3.84. The lowest BCUT2D eigenvalue weighted by atomic mass is 10.0. The van der Waals surface area contributed by atoms with E-state index in [0.717, 1.165) is 12.1 Å². The number of ether oxygens (including phenoxy) is 1. The lowest BCUT2D eigenvalue weighted by Crippen LogP contribution is -2.49. The van der Waals surface area contributed by atoms with E-state index < -0.39 is 5.82 Å². The van der Waals surface area contributed by atoms with E-state index >= 15 is 0 Å². The van der Waals surface area contributed by atoms with E-state index in [1.54, 1.807) is 18.2 Å². The maximum Gasteiger partial charge on any atom is 0.226 e. The first-order valence-corrected chi connectivity index (χ1v) is 8.66. The van der Waals surface area contributed by atoms with Crippen LogP contribution in [0.2, 0.25) is 5.02 Å². The van der Waals surface area contributed by atoms with Crippen LogP contribution in [-0.4, -0.2) is 37.0 Å². The van der Waals surface area contributed by atoms with Crippen LogP contribution in [0.5, 0.6) is 5.75 Å². The summed E-state index contributed by atoms with van der Waals surface area (Å²) in [5, 5.41) is 3.95. The SMILES string of the molecule is Cl.O=C(CCOc1ccccc1F)N1CCNCC1c1ccccc1Cl. The third-order valence-corrected chi connectivity index (χ3v) is 4.58. The van der Waals surface area contributed by atoms with Gasteiger partial charge in [0.25, 0.3) is 0 Å². The summed E-state index contributed by atoms with van der Waals surface area (Å²) in [5.41, 5.74) is 0.930. The van der Waals surface area contributed by atoms with Crippen LogP contribution in [0.15, 0.2) is 48.5 Å². The molecule has 1 N–H and O–H groups in total. The number of halogens is 3. The van der Waals surface area contributed by atoms with Crippen LogP contribution in [0.3, 0.4) is 0 Å². The third kappa shape index (κ3) is 4.87. The highest BCUT2D eigenvalue weighted by Gasteiger charge is 2.28. The van der Waals surface area contributed by atoms with Gasteiger partial charge in [0.15, 0.2) is 11.6 Å². The number of para-hydroxylation sites is 1. The van der Waals surface area contributed by atoms with Gasteiger partial charge in [-0.2, -0.15) is 0 Å². The van der Waals surface area contributed by atoms with E-state index in [-0.39, 0.29) is 43.1 Å². The Morgan fingerprint density at radius 1 is 1.23 bits per heavy atom. The van der Waals surface area contributed by atoms with Crippen LogP contribution in [0.4, 0.5) is 4.39 Å². The number of carbonyl (C=O) groups is 1. The first-order valence-electron chi connectivity index (χ1n) is 8.29. The zero-order chi connectivity index (χ0) is 17.6. The third-order valence-electron chi connectivity index (χ3n) is 4.24. The van der Waals surface area contributed by atoms with Gasteiger partial charge >= 0.3 is 0 Å². The van der Waals surface area contributed by atoms with Crippen LogP contribution in [0.25, 0.3) is 0 Å². The van der Waals surface area contributed by atoms with Crippen molar-refractivity contribution in [2.24, 2.45) is 0 Å². The van der Waals surface area contributed by atoms with Crippen molar-refractivity contribution in [3.05, 3.63) is 64.9 Å². The summed E-state index contributed by atoms with van der Waals surface area (Å²) < 4.78 is 19.0. The van der Waals surface area contributed by atoms with Crippen molar-refractivity contribution < 1.29 is 13.9 Å². The Hall–Kier alpha value is -1.82. The Morgan fingerprint density at radius 3 is 2.73 bits per heavy atom. The predicted molar refractivity (Wildman–Crippen MR) is 103 cm³/mol. The number of benzene rings is 2. The summed E-state index contributed by atoms with van der Waals surface area (Å²) in [7, 11) is 0. The molecule has 1 aliphatic rings.